The van der Waals surface area contributed by atoms with E-state index in [2.05, 4.69) is 23.9 Å². The lowest BCUT2D eigenvalue weighted by Gasteiger charge is -2.10. The summed E-state index contributed by atoms with van der Waals surface area (Å²) < 4.78 is 1.70. The normalized spacial score (nSPS) is 13.1. The second-order valence-electron chi connectivity index (χ2n) is 3.90. The Balaban J connectivity index is 2.68. The lowest BCUT2D eigenvalue weighted by molar-refractivity contribution is -0.138. The van der Waals surface area contributed by atoms with Crippen LogP contribution in [0.3, 0.4) is 0 Å². The first-order valence-corrected chi connectivity index (χ1v) is 4.85. The molecule has 15 heavy (non-hydrogen) atoms. The quantitative estimate of drug-likeness (QED) is 0.710. The molecule has 0 saturated heterocycles. The molecule has 0 bridgehead atoms. The van der Waals surface area contributed by atoms with E-state index in [1.54, 1.807) is 4.68 Å². The van der Waals surface area contributed by atoms with Crippen molar-refractivity contribution >= 4 is 5.97 Å². The number of carbonyl (C=O) groups is 1. The zero-order chi connectivity index (χ0) is 11.4. The minimum absolute atomic E-state index is 0.210. The summed E-state index contributed by atoms with van der Waals surface area (Å²) in [5.41, 5.74) is 5.43. The highest BCUT2D eigenvalue weighted by molar-refractivity contribution is 5.73. The Bertz CT molecular complexity index is 335. The first kappa shape index (κ1) is 11.6. The van der Waals surface area contributed by atoms with Gasteiger partial charge in [0.1, 0.15) is 18.2 Å². The van der Waals surface area contributed by atoms with Crippen molar-refractivity contribution in [3.8, 4) is 0 Å². The Morgan fingerprint density at radius 3 is 2.87 bits per heavy atom. The van der Waals surface area contributed by atoms with Crippen LogP contribution in [0.1, 0.15) is 19.7 Å². The molecule has 0 amide bonds. The number of nitrogens with two attached hydrogens (primary N) is 1. The van der Waals surface area contributed by atoms with E-state index in [4.69, 9.17) is 10.8 Å². The molecule has 0 aliphatic heterocycles. The van der Waals surface area contributed by atoms with E-state index in [1.807, 2.05) is 0 Å². The van der Waals surface area contributed by atoms with Gasteiger partial charge in [0, 0.05) is 13.0 Å². The van der Waals surface area contributed by atoms with Crippen molar-refractivity contribution in [3.05, 3.63) is 12.2 Å². The van der Waals surface area contributed by atoms with E-state index in [0.717, 1.165) is 6.54 Å². The van der Waals surface area contributed by atoms with Crippen molar-refractivity contribution in [1.82, 2.24) is 14.8 Å². The van der Waals surface area contributed by atoms with Crippen LogP contribution in [0.5, 0.6) is 0 Å². The maximum absolute atomic E-state index is 10.6. The molecule has 84 valence electrons. The van der Waals surface area contributed by atoms with Crippen LogP contribution in [0.2, 0.25) is 0 Å². The standard InChI is InChI=1S/C9H16N4O2/c1-6(2)4-13-8(11-5-12-13)3-7(10)9(14)15/h5-7H,3-4,10H2,1-2H3,(H,14,15)/t7-/m1/s1. The van der Waals surface area contributed by atoms with Crippen LogP contribution in [-0.2, 0) is 17.8 Å². The highest BCUT2D eigenvalue weighted by atomic mass is 16.4. The van der Waals surface area contributed by atoms with Gasteiger partial charge in [-0.25, -0.2) is 9.67 Å². The van der Waals surface area contributed by atoms with Gasteiger partial charge >= 0.3 is 5.97 Å². The van der Waals surface area contributed by atoms with Gasteiger partial charge in [0.2, 0.25) is 0 Å². The Morgan fingerprint density at radius 2 is 2.33 bits per heavy atom. The average Bonchev–Trinajstić information content (AvgIpc) is 2.51. The molecule has 1 aromatic rings. The molecule has 3 N–H and O–H groups in total. The van der Waals surface area contributed by atoms with Crippen LogP contribution in [0.4, 0.5) is 0 Å². The molecule has 0 aromatic carbocycles. The topological polar surface area (TPSA) is 94.0 Å². The average molecular weight is 212 g/mol. The molecule has 1 aromatic heterocycles. The minimum Gasteiger partial charge on any atom is -0.480 e. The van der Waals surface area contributed by atoms with E-state index in [1.165, 1.54) is 6.33 Å². The molecule has 6 nitrogen and oxygen atoms in total. The third-order valence-electron chi connectivity index (χ3n) is 1.95. The highest BCUT2D eigenvalue weighted by Crippen LogP contribution is 2.03. The molecular formula is C9H16N4O2. The Kier molecular flexibility index (Phi) is 3.79. The number of rotatable bonds is 5. The van der Waals surface area contributed by atoms with E-state index in [9.17, 15) is 4.79 Å². The van der Waals surface area contributed by atoms with Crippen LogP contribution in [-0.4, -0.2) is 31.9 Å². The Morgan fingerprint density at radius 1 is 1.67 bits per heavy atom. The summed E-state index contributed by atoms with van der Waals surface area (Å²) >= 11 is 0. The fraction of sp³-hybridized carbons (Fsp3) is 0.667. The monoisotopic (exact) mass is 212 g/mol. The molecule has 1 atom stereocenters. The maximum Gasteiger partial charge on any atom is 0.320 e. The van der Waals surface area contributed by atoms with Gasteiger partial charge in [-0.1, -0.05) is 13.8 Å². The molecule has 0 saturated carbocycles. The minimum atomic E-state index is -1.02. The van der Waals surface area contributed by atoms with Crippen molar-refractivity contribution in [2.45, 2.75) is 32.9 Å². The molecule has 0 fully saturated rings. The van der Waals surface area contributed by atoms with Gasteiger partial charge in [-0.15, -0.1) is 0 Å². The lowest BCUT2D eigenvalue weighted by Crippen LogP contribution is -2.33. The van der Waals surface area contributed by atoms with Gasteiger partial charge in [-0.3, -0.25) is 4.79 Å². The summed E-state index contributed by atoms with van der Waals surface area (Å²) in [6.45, 7) is 4.84. The third-order valence-corrected chi connectivity index (χ3v) is 1.95. The van der Waals surface area contributed by atoms with Gasteiger partial charge in [-0.2, -0.15) is 5.10 Å². The summed E-state index contributed by atoms with van der Waals surface area (Å²) in [6.07, 6.45) is 1.63. The fourth-order valence-electron chi connectivity index (χ4n) is 1.23. The molecule has 0 spiro atoms. The van der Waals surface area contributed by atoms with Crippen molar-refractivity contribution in [1.29, 1.82) is 0 Å². The SMILES string of the molecule is CC(C)Cn1ncnc1C[C@@H](N)C(=O)O. The van der Waals surface area contributed by atoms with Gasteiger partial charge in [0.15, 0.2) is 0 Å². The number of aromatic nitrogens is 3. The molecule has 0 unspecified atom stereocenters. The number of aliphatic carboxylic acids is 1. The third kappa shape index (κ3) is 3.32. The summed E-state index contributed by atoms with van der Waals surface area (Å²) in [6, 6.07) is -0.917. The van der Waals surface area contributed by atoms with Crippen LogP contribution < -0.4 is 5.73 Å². The van der Waals surface area contributed by atoms with Crippen molar-refractivity contribution in [2.75, 3.05) is 0 Å². The number of carboxylic acids is 1. The number of carboxylic acid groups (broad SMARTS) is 1. The summed E-state index contributed by atoms with van der Waals surface area (Å²) in [7, 11) is 0. The fourth-order valence-corrected chi connectivity index (χ4v) is 1.23. The van der Waals surface area contributed by atoms with E-state index < -0.39 is 12.0 Å². The first-order valence-electron chi connectivity index (χ1n) is 4.85. The van der Waals surface area contributed by atoms with Crippen LogP contribution in [0, 0.1) is 5.92 Å². The number of hydrogen-bond donors (Lipinski definition) is 2. The maximum atomic E-state index is 10.6. The summed E-state index contributed by atoms with van der Waals surface area (Å²) in [4.78, 5) is 14.6. The molecule has 1 rings (SSSR count). The lowest BCUT2D eigenvalue weighted by atomic mass is 10.2. The summed E-state index contributed by atoms with van der Waals surface area (Å²) in [5, 5.41) is 12.7. The molecule has 0 radical (unpaired) electrons. The van der Waals surface area contributed by atoms with Crippen molar-refractivity contribution in [2.24, 2.45) is 11.7 Å². The van der Waals surface area contributed by atoms with E-state index >= 15 is 0 Å². The second-order valence-corrected chi connectivity index (χ2v) is 3.90. The zero-order valence-electron chi connectivity index (χ0n) is 8.92. The largest absolute Gasteiger partial charge is 0.480 e. The van der Waals surface area contributed by atoms with Gasteiger partial charge in [0.25, 0.3) is 0 Å². The molecule has 0 aliphatic rings. The highest BCUT2D eigenvalue weighted by Gasteiger charge is 2.16. The number of hydrogen-bond acceptors (Lipinski definition) is 4. The van der Waals surface area contributed by atoms with Crippen LogP contribution >= 0.6 is 0 Å². The van der Waals surface area contributed by atoms with E-state index in [0.29, 0.717) is 11.7 Å². The summed E-state index contributed by atoms with van der Waals surface area (Å²) in [5.74, 6) is 0.0409. The predicted molar refractivity (Wildman–Crippen MR) is 54.2 cm³/mol. The van der Waals surface area contributed by atoms with E-state index in [-0.39, 0.29) is 6.42 Å². The molecule has 0 aliphatic carbocycles. The predicted octanol–water partition coefficient (Wildman–Crippen LogP) is -0.111. The van der Waals surface area contributed by atoms with Crippen LogP contribution in [0.25, 0.3) is 0 Å². The van der Waals surface area contributed by atoms with Crippen LogP contribution in [0.15, 0.2) is 6.33 Å². The van der Waals surface area contributed by atoms with Crippen molar-refractivity contribution < 1.29 is 9.90 Å². The zero-order valence-corrected chi connectivity index (χ0v) is 8.92. The second kappa shape index (κ2) is 4.88. The van der Waals surface area contributed by atoms with Gasteiger partial charge < -0.3 is 10.8 Å². The molecular weight excluding hydrogens is 196 g/mol. The smallest absolute Gasteiger partial charge is 0.320 e. The molecule has 1 heterocycles. The van der Waals surface area contributed by atoms with Crippen molar-refractivity contribution in [3.63, 3.8) is 0 Å². The Labute approximate surface area is 88.1 Å². The first-order chi connectivity index (χ1) is 7.00. The number of nitrogens with zero attached hydrogens (tertiary/aromatic N) is 3. The Hall–Kier alpha value is -1.43. The van der Waals surface area contributed by atoms with Gasteiger partial charge in [-0.05, 0) is 5.92 Å². The molecule has 6 heteroatoms. The van der Waals surface area contributed by atoms with Gasteiger partial charge in [0.05, 0.1) is 0 Å².